The third-order valence-corrected chi connectivity index (χ3v) is 3.71. The number of aromatic nitrogens is 1. The molecule has 0 aliphatic heterocycles. The van der Waals surface area contributed by atoms with Gasteiger partial charge < -0.3 is 15.8 Å². The summed E-state index contributed by atoms with van der Waals surface area (Å²) in [5.74, 6) is 1.06. The fourth-order valence-electron chi connectivity index (χ4n) is 2.14. The normalized spacial score (nSPS) is 11.8. The number of ether oxygens (including phenoxy) is 1. The minimum absolute atomic E-state index is 0.197. The molecule has 0 spiro atoms. The van der Waals surface area contributed by atoms with E-state index in [9.17, 15) is 4.79 Å². The van der Waals surface area contributed by atoms with Gasteiger partial charge in [0.05, 0.1) is 17.9 Å². The number of aryl methyl sites for hydroxylation is 1. The molecule has 1 atom stereocenters. The summed E-state index contributed by atoms with van der Waals surface area (Å²) in [5, 5.41) is 2.76. The molecule has 1 amide bonds. The lowest BCUT2D eigenvalue weighted by atomic mass is 10.1. The van der Waals surface area contributed by atoms with Gasteiger partial charge in [0.15, 0.2) is 0 Å². The van der Waals surface area contributed by atoms with Crippen LogP contribution in [0.1, 0.15) is 30.9 Å². The zero-order valence-corrected chi connectivity index (χ0v) is 13.8. The Balaban J connectivity index is 2.02. The number of nitrogens with two attached hydrogens (primary N) is 1. The van der Waals surface area contributed by atoms with Crippen molar-refractivity contribution in [3.8, 4) is 11.6 Å². The van der Waals surface area contributed by atoms with Gasteiger partial charge in [-0.05, 0) is 43.5 Å². The number of anilines is 1. The third-order valence-electron chi connectivity index (χ3n) is 3.71. The summed E-state index contributed by atoms with van der Waals surface area (Å²) in [7, 11) is 0. The summed E-state index contributed by atoms with van der Waals surface area (Å²) in [6, 6.07) is 8.87. The lowest BCUT2D eigenvalue weighted by Gasteiger charge is -2.12. The van der Waals surface area contributed by atoms with E-state index in [4.69, 9.17) is 10.5 Å². The van der Waals surface area contributed by atoms with Gasteiger partial charge in [-0.25, -0.2) is 4.98 Å². The van der Waals surface area contributed by atoms with Gasteiger partial charge in [0, 0.05) is 6.07 Å². The fraction of sp³-hybridized carbons (Fsp3) is 0.333. The Morgan fingerprint density at radius 2 is 2.09 bits per heavy atom. The van der Waals surface area contributed by atoms with E-state index in [1.54, 1.807) is 18.3 Å². The number of hydrogen-bond donors (Lipinski definition) is 2. The zero-order chi connectivity index (χ0) is 16.8. The summed E-state index contributed by atoms with van der Waals surface area (Å²) in [5.41, 5.74) is 8.63. The van der Waals surface area contributed by atoms with E-state index in [0.717, 1.165) is 23.3 Å². The molecular formula is C18H23N3O2. The molecule has 0 bridgehead atoms. The predicted octanol–water partition coefficient (Wildman–Crippen LogP) is 3.56. The lowest BCUT2D eigenvalue weighted by molar-refractivity contribution is -0.117. The zero-order valence-electron chi connectivity index (χ0n) is 13.8. The SMILES string of the molecule is CCCC(N)C(=O)Nc1ccc(Oc2cccc(C)c2C)nc1. The van der Waals surface area contributed by atoms with Crippen LogP contribution in [0.4, 0.5) is 5.69 Å². The first-order valence-corrected chi connectivity index (χ1v) is 7.77. The number of pyridine rings is 1. The Morgan fingerprint density at radius 3 is 2.74 bits per heavy atom. The van der Waals surface area contributed by atoms with Crippen LogP contribution in [0.25, 0.3) is 0 Å². The Bertz CT molecular complexity index is 668. The Kier molecular flexibility index (Phi) is 5.71. The fourth-order valence-corrected chi connectivity index (χ4v) is 2.14. The van der Waals surface area contributed by atoms with Crippen LogP contribution in [0.2, 0.25) is 0 Å². The number of hydrogen-bond acceptors (Lipinski definition) is 4. The maximum absolute atomic E-state index is 11.9. The van der Waals surface area contributed by atoms with Crippen LogP contribution in [-0.4, -0.2) is 16.9 Å². The highest BCUT2D eigenvalue weighted by Crippen LogP contribution is 2.26. The van der Waals surface area contributed by atoms with Crippen molar-refractivity contribution in [1.29, 1.82) is 0 Å². The van der Waals surface area contributed by atoms with Crippen molar-refractivity contribution in [3.63, 3.8) is 0 Å². The molecule has 2 rings (SSSR count). The molecule has 0 radical (unpaired) electrons. The molecule has 1 aromatic heterocycles. The van der Waals surface area contributed by atoms with E-state index in [1.165, 1.54) is 0 Å². The maximum Gasteiger partial charge on any atom is 0.241 e. The molecule has 3 N–H and O–H groups in total. The van der Waals surface area contributed by atoms with E-state index < -0.39 is 6.04 Å². The van der Waals surface area contributed by atoms with E-state index >= 15 is 0 Å². The predicted molar refractivity (Wildman–Crippen MR) is 91.7 cm³/mol. The van der Waals surface area contributed by atoms with Crippen LogP contribution in [-0.2, 0) is 4.79 Å². The summed E-state index contributed by atoms with van der Waals surface area (Å²) in [6.45, 7) is 6.04. The van der Waals surface area contributed by atoms with Crippen molar-refractivity contribution in [2.75, 3.05) is 5.32 Å². The van der Waals surface area contributed by atoms with Crippen molar-refractivity contribution < 1.29 is 9.53 Å². The van der Waals surface area contributed by atoms with Crippen LogP contribution < -0.4 is 15.8 Å². The van der Waals surface area contributed by atoms with Gasteiger partial charge in [0.25, 0.3) is 0 Å². The van der Waals surface area contributed by atoms with Crippen molar-refractivity contribution in [3.05, 3.63) is 47.7 Å². The van der Waals surface area contributed by atoms with Crippen molar-refractivity contribution >= 4 is 11.6 Å². The molecule has 0 aliphatic carbocycles. The molecule has 5 nitrogen and oxygen atoms in total. The molecule has 1 heterocycles. The van der Waals surface area contributed by atoms with Crippen molar-refractivity contribution in [2.45, 2.75) is 39.7 Å². The van der Waals surface area contributed by atoms with Gasteiger partial charge in [-0.2, -0.15) is 0 Å². The van der Waals surface area contributed by atoms with Crippen LogP contribution in [0.15, 0.2) is 36.5 Å². The second-order valence-corrected chi connectivity index (χ2v) is 5.57. The summed E-state index contributed by atoms with van der Waals surface area (Å²) < 4.78 is 5.79. The highest BCUT2D eigenvalue weighted by Gasteiger charge is 2.12. The third kappa shape index (κ3) is 4.53. The highest BCUT2D eigenvalue weighted by molar-refractivity contribution is 5.94. The summed E-state index contributed by atoms with van der Waals surface area (Å²) in [6.07, 6.45) is 3.10. The van der Waals surface area contributed by atoms with Crippen LogP contribution in [0.5, 0.6) is 11.6 Å². The second kappa shape index (κ2) is 7.74. The number of carbonyl (C=O) groups excluding carboxylic acids is 1. The maximum atomic E-state index is 11.9. The summed E-state index contributed by atoms with van der Waals surface area (Å²) in [4.78, 5) is 16.1. The number of benzene rings is 1. The van der Waals surface area contributed by atoms with Gasteiger partial charge in [0.1, 0.15) is 5.75 Å². The van der Waals surface area contributed by atoms with Gasteiger partial charge in [-0.3, -0.25) is 4.79 Å². The van der Waals surface area contributed by atoms with Crippen LogP contribution in [0, 0.1) is 13.8 Å². The van der Waals surface area contributed by atoms with E-state index in [-0.39, 0.29) is 5.91 Å². The first-order valence-electron chi connectivity index (χ1n) is 7.77. The molecule has 0 fully saturated rings. The molecule has 23 heavy (non-hydrogen) atoms. The Hall–Kier alpha value is -2.40. The average molecular weight is 313 g/mol. The molecule has 2 aromatic rings. The lowest BCUT2D eigenvalue weighted by Crippen LogP contribution is -2.35. The first-order chi connectivity index (χ1) is 11.0. The van der Waals surface area contributed by atoms with Gasteiger partial charge >= 0.3 is 0 Å². The van der Waals surface area contributed by atoms with E-state index in [1.807, 2.05) is 39.0 Å². The Morgan fingerprint density at radius 1 is 1.30 bits per heavy atom. The number of nitrogens with one attached hydrogen (secondary N) is 1. The van der Waals surface area contributed by atoms with Gasteiger partial charge in [-0.1, -0.05) is 25.5 Å². The largest absolute Gasteiger partial charge is 0.439 e. The quantitative estimate of drug-likeness (QED) is 0.855. The number of amides is 1. The highest BCUT2D eigenvalue weighted by atomic mass is 16.5. The minimum Gasteiger partial charge on any atom is -0.439 e. The van der Waals surface area contributed by atoms with E-state index in [2.05, 4.69) is 10.3 Å². The Labute approximate surface area is 136 Å². The first kappa shape index (κ1) is 17.0. The number of carbonyl (C=O) groups is 1. The smallest absolute Gasteiger partial charge is 0.241 e. The molecule has 1 unspecified atom stereocenters. The number of rotatable bonds is 6. The van der Waals surface area contributed by atoms with Gasteiger partial charge in [0.2, 0.25) is 11.8 Å². The minimum atomic E-state index is -0.495. The average Bonchev–Trinajstić information content (AvgIpc) is 2.54. The molecule has 0 aliphatic rings. The topological polar surface area (TPSA) is 77.2 Å². The van der Waals surface area contributed by atoms with E-state index in [0.29, 0.717) is 18.0 Å². The molecular weight excluding hydrogens is 290 g/mol. The van der Waals surface area contributed by atoms with Crippen molar-refractivity contribution in [1.82, 2.24) is 4.98 Å². The molecule has 1 aromatic carbocycles. The van der Waals surface area contributed by atoms with Crippen molar-refractivity contribution in [2.24, 2.45) is 5.73 Å². The monoisotopic (exact) mass is 313 g/mol. The standard InChI is InChI=1S/C18H23N3O2/c1-4-6-15(19)18(22)21-14-9-10-17(20-11-14)23-16-8-5-7-12(2)13(16)3/h5,7-11,15H,4,6,19H2,1-3H3,(H,21,22). The number of nitrogens with zero attached hydrogens (tertiary/aromatic N) is 1. The molecule has 122 valence electrons. The van der Waals surface area contributed by atoms with Crippen LogP contribution in [0.3, 0.4) is 0 Å². The van der Waals surface area contributed by atoms with Gasteiger partial charge in [-0.15, -0.1) is 0 Å². The summed E-state index contributed by atoms with van der Waals surface area (Å²) >= 11 is 0. The van der Waals surface area contributed by atoms with Crippen LogP contribution >= 0.6 is 0 Å². The molecule has 5 heteroatoms. The molecule has 0 saturated carbocycles. The second-order valence-electron chi connectivity index (χ2n) is 5.57. The molecule has 0 saturated heterocycles.